The maximum absolute atomic E-state index is 3.82. The van der Waals surface area contributed by atoms with E-state index in [4.69, 9.17) is 0 Å². The molecule has 13 heavy (non-hydrogen) atoms. The molecule has 0 radical (unpaired) electrons. The lowest BCUT2D eigenvalue weighted by molar-refractivity contribution is 1.39. The Morgan fingerprint density at radius 3 is 2.62 bits per heavy atom. The number of benzene rings is 1. The molecule has 1 aromatic rings. The van der Waals surface area contributed by atoms with Crippen LogP contribution in [-0.2, 0) is 0 Å². The minimum Gasteiger partial charge on any atom is -0.0984 e. The third kappa shape index (κ3) is 1.89. The summed E-state index contributed by atoms with van der Waals surface area (Å²) in [4.78, 5) is 0. The van der Waals surface area contributed by atoms with E-state index in [0.29, 0.717) is 0 Å². The molecule has 0 nitrogen and oxygen atoms in total. The molecule has 0 saturated heterocycles. The Kier molecular flexibility index (Phi) is 3.07. The van der Waals surface area contributed by atoms with E-state index in [-0.39, 0.29) is 0 Å². The first-order chi connectivity index (χ1) is 6.20. The van der Waals surface area contributed by atoms with Crippen molar-refractivity contribution in [3.8, 4) is 0 Å². The molecule has 0 aliphatic rings. The highest BCUT2D eigenvalue weighted by Crippen LogP contribution is 2.23. The van der Waals surface area contributed by atoms with Crippen molar-refractivity contribution < 1.29 is 0 Å². The summed E-state index contributed by atoms with van der Waals surface area (Å²) in [5, 5.41) is 0. The van der Waals surface area contributed by atoms with Crippen LogP contribution < -0.4 is 0 Å². The molecule has 0 bridgehead atoms. The van der Waals surface area contributed by atoms with Crippen molar-refractivity contribution in [3.63, 3.8) is 0 Å². The Labute approximate surface area is 80.6 Å². The highest BCUT2D eigenvalue weighted by Gasteiger charge is 2.03. The largest absolute Gasteiger partial charge is 0.0984 e. The molecule has 0 fully saturated rings. The number of hydrogen-bond donors (Lipinski definition) is 0. The first-order valence-corrected chi connectivity index (χ1v) is 4.56. The molecular formula is C13H16. The predicted octanol–water partition coefficient (Wildman–Crippen LogP) is 4.06. The number of hydrogen-bond acceptors (Lipinski definition) is 0. The van der Waals surface area contributed by atoms with Crippen LogP contribution in [0.3, 0.4) is 0 Å². The molecule has 1 aromatic carbocycles. The molecule has 0 aromatic heterocycles. The summed E-state index contributed by atoms with van der Waals surface area (Å²) in [6.07, 6.45) is 4.05. The molecule has 0 aliphatic carbocycles. The first kappa shape index (κ1) is 9.79. The maximum atomic E-state index is 3.82. The van der Waals surface area contributed by atoms with Gasteiger partial charge in [-0.25, -0.2) is 0 Å². The van der Waals surface area contributed by atoms with Gasteiger partial charge in [-0.15, -0.1) is 0 Å². The van der Waals surface area contributed by atoms with Crippen LogP contribution in [0.2, 0.25) is 0 Å². The van der Waals surface area contributed by atoms with Crippen molar-refractivity contribution in [2.24, 2.45) is 0 Å². The van der Waals surface area contributed by atoms with Crippen LogP contribution >= 0.6 is 0 Å². The van der Waals surface area contributed by atoms with Gasteiger partial charge in [-0.05, 0) is 43.0 Å². The van der Waals surface area contributed by atoms with Crippen LogP contribution in [0.1, 0.15) is 30.5 Å². The summed E-state index contributed by atoms with van der Waals surface area (Å²) in [5.74, 6) is 0. The average molecular weight is 172 g/mol. The molecular weight excluding hydrogens is 156 g/mol. The zero-order valence-corrected chi connectivity index (χ0v) is 8.59. The molecule has 0 saturated carbocycles. The Balaban J connectivity index is 3.39. The lowest BCUT2D eigenvalue weighted by Crippen LogP contribution is -1.89. The Morgan fingerprint density at radius 2 is 2.08 bits per heavy atom. The van der Waals surface area contributed by atoms with E-state index in [0.717, 1.165) is 0 Å². The highest BCUT2D eigenvalue weighted by atomic mass is 14.1. The van der Waals surface area contributed by atoms with E-state index < -0.39 is 0 Å². The molecule has 0 N–H and O–H groups in total. The summed E-state index contributed by atoms with van der Waals surface area (Å²) in [6.45, 7) is 10.2. The van der Waals surface area contributed by atoms with E-state index in [9.17, 15) is 0 Å². The minimum atomic E-state index is 1.22. The van der Waals surface area contributed by atoms with Gasteiger partial charge >= 0.3 is 0 Å². The Morgan fingerprint density at radius 1 is 1.38 bits per heavy atom. The summed E-state index contributed by atoms with van der Waals surface area (Å²) in [6, 6.07) is 6.30. The van der Waals surface area contributed by atoms with Crippen molar-refractivity contribution in [2.45, 2.75) is 20.8 Å². The second kappa shape index (κ2) is 4.08. The lowest BCUT2D eigenvalue weighted by atomic mass is 9.96. The Bertz CT molecular complexity index is 343. The van der Waals surface area contributed by atoms with Gasteiger partial charge in [-0.1, -0.05) is 36.9 Å². The summed E-state index contributed by atoms with van der Waals surface area (Å²) in [7, 11) is 0. The van der Waals surface area contributed by atoms with Gasteiger partial charge in [-0.3, -0.25) is 0 Å². The molecule has 0 unspecified atom stereocenters. The molecule has 0 heteroatoms. The summed E-state index contributed by atoms with van der Waals surface area (Å²) < 4.78 is 0. The van der Waals surface area contributed by atoms with Crippen LogP contribution in [0.25, 0.3) is 11.6 Å². The molecule has 0 heterocycles. The maximum Gasteiger partial charge on any atom is -0.0129 e. The van der Waals surface area contributed by atoms with Gasteiger partial charge < -0.3 is 0 Å². The van der Waals surface area contributed by atoms with Crippen LogP contribution in [0.15, 0.2) is 30.9 Å². The zero-order chi connectivity index (χ0) is 9.84. The third-order valence-electron chi connectivity index (χ3n) is 2.35. The molecule has 68 valence electrons. The average Bonchev–Trinajstić information content (AvgIpc) is 2.16. The predicted molar refractivity (Wildman–Crippen MR) is 60.6 cm³/mol. The van der Waals surface area contributed by atoms with Crippen molar-refractivity contribution in [3.05, 3.63) is 47.5 Å². The van der Waals surface area contributed by atoms with E-state index >= 15 is 0 Å². The van der Waals surface area contributed by atoms with Crippen LogP contribution in [0.4, 0.5) is 0 Å². The molecule has 0 spiro atoms. The lowest BCUT2D eigenvalue weighted by Gasteiger charge is -2.09. The quantitative estimate of drug-likeness (QED) is 0.631. The normalized spacial score (nSPS) is 11.5. The van der Waals surface area contributed by atoms with Crippen LogP contribution in [-0.4, -0.2) is 0 Å². The minimum absolute atomic E-state index is 1.22. The number of allylic oxidation sites excluding steroid dienone is 2. The fourth-order valence-electron chi connectivity index (χ4n) is 1.54. The summed E-state index contributed by atoms with van der Waals surface area (Å²) in [5.41, 5.74) is 5.16. The van der Waals surface area contributed by atoms with Crippen LogP contribution in [0.5, 0.6) is 0 Å². The van der Waals surface area contributed by atoms with Crippen LogP contribution in [0, 0.1) is 6.92 Å². The van der Waals surface area contributed by atoms with E-state index in [1.54, 1.807) is 0 Å². The zero-order valence-electron chi connectivity index (χ0n) is 8.59. The van der Waals surface area contributed by atoms with Gasteiger partial charge in [0, 0.05) is 0 Å². The van der Waals surface area contributed by atoms with Crippen molar-refractivity contribution in [1.29, 1.82) is 0 Å². The number of aryl methyl sites for hydroxylation is 1. The fraction of sp³-hybridized carbons (Fsp3) is 0.231. The van der Waals surface area contributed by atoms with Gasteiger partial charge in [0.15, 0.2) is 0 Å². The van der Waals surface area contributed by atoms with Gasteiger partial charge in [0.2, 0.25) is 0 Å². The van der Waals surface area contributed by atoms with Crippen molar-refractivity contribution in [2.75, 3.05) is 0 Å². The van der Waals surface area contributed by atoms with Crippen molar-refractivity contribution in [1.82, 2.24) is 0 Å². The second-order valence-corrected chi connectivity index (χ2v) is 3.21. The van der Waals surface area contributed by atoms with E-state index in [2.05, 4.69) is 51.6 Å². The smallest absolute Gasteiger partial charge is 0.0129 e. The standard InChI is InChI=1S/C13H16/c1-5-10(3)13-11(4)8-7-9-12(13)6-2/h5-9H,2H2,1,3-4H3/b10-5-. The van der Waals surface area contributed by atoms with Gasteiger partial charge in [0.25, 0.3) is 0 Å². The van der Waals surface area contributed by atoms with Gasteiger partial charge in [-0.2, -0.15) is 0 Å². The SMILES string of the molecule is C=Cc1cccc(C)c1/C(C)=C\C. The Hall–Kier alpha value is -1.30. The van der Waals surface area contributed by atoms with Crippen molar-refractivity contribution >= 4 is 11.6 Å². The molecule has 0 amide bonds. The fourth-order valence-corrected chi connectivity index (χ4v) is 1.54. The first-order valence-electron chi connectivity index (χ1n) is 4.56. The second-order valence-electron chi connectivity index (χ2n) is 3.21. The topological polar surface area (TPSA) is 0 Å². The number of rotatable bonds is 2. The van der Waals surface area contributed by atoms with E-state index in [1.807, 2.05) is 6.08 Å². The highest BCUT2D eigenvalue weighted by molar-refractivity contribution is 5.74. The van der Waals surface area contributed by atoms with E-state index in [1.165, 1.54) is 22.3 Å². The monoisotopic (exact) mass is 172 g/mol. The van der Waals surface area contributed by atoms with Gasteiger partial charge in [0.05, 0.1) is 0 Å². The summed E-state index contributed by atoms with van der Waals surface area (Å²) >= 11 is 0. The molecule has 0 aliphatic heterocycles. The molecule has 1 rings (SSSR count). The van der Waals surface area contributed by atoms with Gasteiger partial charge in [0.1, 0.15) is 0 Å². The molecule has 0 atom stereocenters. The third-order valence-corrected chi connectivity index (χ3v) is 2.35.